The van der Waals surface area contributed by atoms with E-state index in [4.69, 9.17) is 15.6 Å². The Labute approximate surface area is 114 Å². The molecule has 0 fully saturated rings. The number of anilines is 3. The number of aromatic nitrogens is 2. The van der Waals surface area contributed by atoms with E-state index in [9.17, 15) is 4.79 Å². The first kappa shape index (κ1) is 12.2. The van der Waals surface area contributed by atoms with Crippen molar-refractivity contribution < 1.29 is 14.6 Å². The fraction of sp³-hybridized carbons (Fsp3) is 0.154. The smallest absolute Gasteiger partial charge is 0.339 e. The Morgan fingerprint density at radius 2 is 2.15 bits per heavy atom. The van der Waals surface area contributed by atoms with Crippen molar-refractivity contribution in [1.29, 1.82) is 0 Å². The highest BCUT2D eigenvalue weighted by atomic mass is 16.5. The van der Waals surface area contributed by atoms with Gasteiger partial charge in [0.25, 0.3) is 0 Å². The van der Waals surface area contributed by atoms with Crippen molar-refractivity contribution in [3.05, 3.63) is 35.9 Å². The predicted molar refractivity (Wildman–Crippen MR) is 72.3 cm³/mol. The zero-order chi connectivity index (χ0) is 14.1. The Morgan fingerprint density at radius 3 is 2.95 bits per heavy atom. The number of nitrogens with zero attached hydrogens (tertiary/aromatic N) is 3. The number of carboxylic acid groups (broad SMARTS) is 1. The summed E-state index contributed by atoms with van der Waals surface area (Å²) in [5.41, 5.74) is 6.29. The molecule has 0 saturated carbocycles. The maximum atomic E-state index is 11.1. The van der Waals surface area contributed by atoms with Crippen LogP contribution in [0.15, 0.2) is 30.3 Å². The molecule has 1 aliphatic heterocycles. The topological polar surface area (TPSA) is 102 Å². The van der Waals surface area contributed by atoms with Crippen LogP contribution in [0.4, 0.5) is 17.3 Å². The van der Waals surface area contributed by atoms with E-state index in [-0.39, 0.29) is 11.4 Å². The number of ether oxygens (including phenoxy) is 1. The maximum absolute atomic E-state index is 11.1. The van der Waals surface area contributed by atoms with Crippen molar-refractivity contribution in [2.24, 2.45) is 0 Å². The summed E-state index contributed by atoms with van der Waals surface area (Å²) < 4.78 is 5.55. The molecule has 0 radical (unpaired) electrons. The number of para-hydroxylation sites is 2. The molecule has 7 nitrogen and oxygen atoms in total. The first-order valence-electron chi connectivity index (χ1n) is 6.02. The van der Waals surface area contributed by atoms with Crippen LogP contribution in [0.3, 0.4) is 0 Å². The second-order valence-corrected chi connectivity index (χ2v) is 4.27. The van der Waals surface area contributed by atoms with Gasteiger partial charge in [-0.2, -0.15) is 0 Å². The second kappa shape index (κ2) is 4.69. The number of fused-ring (bicyclic) bond motifs is 1. The van der Waals surface area contributed by atoms with E-state index in [0.717, 1.165) is 11.4 Å². The third kappa shape index (κ3) is 1.99. The van der Waals surface area contributed by atoms with Crippen LogP contribution in [0.25, 0.3) is 0 Å². The average molecular weight is 272 g/mol. The summed E-state index contributed by atoms with van der Waals surface area (Å²) >= 11 is 0. The van der Waals surface area contributed by atoms with Gasteiger partial charge in [-0.15, -0.1) is 10.2 Å². The molecule has 2 aromatic rings. The molecule has 1 aromatic heterocycles. The largest absolute Gasteiger partial charge is 0.490 e. The standard InChI is InChI=1S/C13H12N4O3/c14-12-8(13(18)19)7-11(15-16-12)17-5-6-20-10-4-2-1-3-9(10)17/h1-4,7H,5-6H2,(H2,14,16)(H,18,19). The molecular weight excluding hydrogens is 260 g/mol. The number of hydrogen-bond acceptors (Lipinski definition) is 6. The second-order valence-electron chi connectivity index (χ2n) is 4.27. The summed E-state index contributed by atoms with van der Waals surface area (Å²) in [6.45, 7) is 1.06. The van der Waals surface area contributed by atoms with Crippen molar-refractivity contribution in [3.63, 3.8) is 0 Å². The monoisotopic (exact) mass is 272 g/mol. The van der Waals surface area contributed by atoms with E-state index in [0.29, 0.717) is 19.0 Å². The van der Waals surface area contributed by atoms with Gasteiger partial charge in [0.05, 0.1) is 12.2 Å². The highest BCUT2D eigenvalue weighted by molar-refractivity contribution is 5.93. The van der Waals surface area contributed by atoms with Gasteiger partial charge in [0.2, 0.25) is 0 Å². The molecule has 102 valence electrons. The molecular formula is C13H12N4O3. The van der Waals surface area contributed by atoms with Gasteiger partial charge in [-0.25, -0.2) is 4.79 Å². The molecule has 20 heavy (non-hydrogen) atoms. The summed E-state index contributed by atoms with van der Waals surface area (Å²) in [5, 5.41) is 16.8. The zero-order valence-corrected chi connectivity index (χ0v) is 10.5. The minimum atomic E-state index is -1.12. The van der Waals surface area contributed by atoms with Gasteiger partial charge < -0.3 is 20.5 Å². The lowest BCUT2D eigenvalue weighted by atomic mass is 10.2. The van der Waals surface area contributed by atoms with Crippen molar-refractivity contribution >= 4 is 23.3 Å². The Morgan fingerprint density at radius 1 is 1.35 bits per heavy atom. The fourth-order valence-electron chi connectivity index (χ4n) is 2.10. The normalized spacial score (nSPS) is 13.5. The van der Waals surface area contributed by atoms with E-state index >= 15 is 0 Å². The molecule has 3 N–H and O–H groups in total. The van der Waals surface area contributed by atoms with Crippen LogP contribution in [-0.4, -0.2) is 34.4 Å². The lowest BCUT2D eigenvalue weighted by Crippen LogP contribution is -2.29. The summed E-state index contributed by atoms with van der Waals surface area (Å²) in [4.78, 5) is 13.0. The minimum absolute atomic E-state index is 0.0565. The van der Waals surface area contributed by atoms with Crippen LogP contribution < -0.4 is 15.4 Å². The van der Waals surface area contributed by atoms with Gasteiger partial charge in [-0.3, -0.25) is 0 Å². The molecule has 0 amide bonds. The third-order valence-electron chi connectivity index (χ3n) is 3.05. The van der Waals surface area contributed by atoms with Crippen molar-refractivity contribution in [2.45, 2.75) is 0 Å². The first-order valence-corrected chi connectivity index (χ1v) is 6.02. The SMILES string of the molecule is Nc1nnc(N2CCOc3ccccc32)cc1C(=O)O. The number of rotatable bonds is 2. The lowest BCUT2D eigenvalue weighted by molar-refractivity contribution is 0.0697. The number of nitrogens with two attached hydrogens (primary N) is 1. The molecule has 0 atom stereocenters. The predicted octanol–water partition coefficient (Wildman–Crippen LogP) is 1.29. The quantitative estimate of drug-likeness (QED) is 0.849. The Kier molecular flexibility index (Phi) is 2.86. The van der Waals surface area contributed by atoms with Crippen molar-refractivity contribution in [2.75, 3.05) is 23.8 Å². The lowest BCUT2D eigenvalue weighted by Gasteiger charge is -2.30. The first-order chi connectivity index (χ1) is 9.66. The van der Waals surface area contributed by atoms with E-state index in [1.165, 1.54) is 6.07 Å². The number of hydrogen-bond donors (Lipinski definition) is 2. The van der Waals surface area contributed by atoms with E-state index in [1.54, 1.807) is 0 Å². The molecule has 2 heterocycles. The summed E-state index contributed by atoms with van der Waals surface area (Å²) in [5.74, 6) is -0.0513. The van der Waals surface area contributed by atoms with E-state index < -0.39 is 5.97 Å². The van der Waals surface area contributed by atoms with Crippen LogP contribution in [0, 0.1) is 0 Å². The fourth-order valence-corrected chi connectivity index (χ4v) is 2.10. The summed E-state index contributed by atoms with van der Waals surface area (Å²) in [7, 11) is 0. The molecule has 0 aliphatic carbocycles. The molecule has 1 aliphatic rings. The number of carbonyl (C=O) groups is 1. The molecule has 0 saturated heterocycles. The number of nitrogen functional groups attached to an aromatic ring is 1. The van der Waals surface area contributed by atoms with Crippen LogP contribution in [0.5, 0.6) is 5.75 Å². The third-order valence-corrected chi connectivity index (χ3v) is 3.05. The van der Waals surface area contributed by atoms with Crippen LogP contribution in [0.1, 0.15) is 10.4 Å². The highest BCUT2D eigenvalue weighted by Crippen LogP contribution is 2.35. The van der Waals surface area contributed by atoms with Crippen LogP contribution in [-0.2, 0) is 0 Å². The van der Waals surface area contributed by atoms with Crippen LogP contribution in [0.2, 0.25) is 0 Å². The maximum Gasteiger partial charge on any atom is 0.339 e. The summed E-state index contributed by atoms with van der Waals surface area (Å²) in [6.07, 6.45) is 0. The van der Waals surface area contributed by atoms with Gasteiger partial charge >= 0.3 is 5.97 Å². The Hall–Kier alpha value is -2.83. The molecule has 0 spiro atoms. The van der Waals surface area contributed by atoms with Gasteiger partial charge in [0.15, 0.2) is 11.6 Å². The van der Waals surface area contributed by atoms with Crippen LogP contribution >= 0.6 is 0 Å². The molecule has 7 heteroatoms. The van der Waals surface area contributed by atoms with E-state index in [2.05, 4.69) is 10.2 Å². The zero-order valence-electron chi connectivity index (χ0n) is 10.5. The number of aromatic carboxylic acids is 1. The molecule has 0 unspecified atom stereocenters. The Balaban J connectivity index is 2.07. The molecule has 0 bridgehead atoms. The Bertz CT molecular complexity index is 674. The van der Waals surface area contributed by atoms with E-state index in [1.807, 2.05) is 29.2 Å². The minimum Gasteiger partial charge on any atom is -0.490 e. The van der Waals surface area contributed by atoms with Gasteiger partial charge in [0.1, 0.15) is 17.9 Å². The van der Waals surface area contributed by atoms with Crippen molar-refractivity contribution in [3.8, 4) is 5.75 Å². The molecule has 3 rings (SSSR count). The van der Waals surface area contributed by atoms with Crippen molar-refractivity contribution in [1.82, 2.24) is 10.2 Å². The number of benzene rings is 1. The summed E-state index contributed by atoms with van der Waals surface area (Å²) in [6, 6.07) is 8.91. The average Bonchev–Trinajstić information content (AvgIpc) is 2.47. The van der Waals surface area contributed by atoms with Gasteiger partial charge in [-0.05, 0) is 12.1 Å². The highest BCUT2D eigenvalue weighted by Gasteiger charge is 2.22. The molecule has 1 aromatic carbocycles. The van der Waals surface area contributed by atoms with Gasteiger partial charge in [-0.1, -0.05) is 12.1 Å². The number of carboxylic acids is 1. The van der Waals surface area contributed by atoms with Gasteiger partial charge in [0, 0.05) is 6.07 Å².